The molecule has 0 spiro atoms. The number of H-pyrrole nitrogens is 1. The number of nitrogens with one attached hydrogen (secondary N) is 2. The fraction of sp³-hybridized carbons (Fsp3) is 0.0833. The number of hydrogen-bond donors (Lipinski definition) is 2. The molecule has 0 bridgehead atoms. The molecule has 2 N–H and O–H groups in total. The van der Waals surface area contributed by atoms with E-state index in [1.54, 1.807) is 18.2 Å². The Balaban J connectivity index is 1.59. The molecule has 1 aromatic carbocycles. The molecule has 0 aliphatic carbocycles. The minimum atomic E-state index is -0.589. The molecule has 0 atom stereocenters. The first-order chi connectivity index (χ1) is 11.2. The van der Waals surface area contributed by atoms with Gasteiger partial charge >= 0.3 is 11.7 Å². The molecule has 1 aliphatic rings. The first kappa shape index (κ1) is 13.1. The maximum atomic E-state index is 10.9. The number of aromatic nitrogens is 4. The monoisotopic (exact) mass is 316 g/mol. The van der Waals surface area contributed by atoms with Gasteiger partial charge in [-0.25, -0.2) is 0 Å². The van der Waals surface area contributed by atoms with Gasteiger partial charge in [-0.1, -0.05) is 5.10 Å². The smallest absolute Gasteiger partial charge is 0.320 e. The highest BCUT2D eigenvalue weighted by molar-refractivity contribution is 5.63. The van der Waals surface area contributed by atoms with Crippen LogP contribution in [0.4, 0.5) is 17.4 Å². The van der Waals surface area contributed by atoms with Crippen molar-refractivity contribution in [2.24, 2.45) is 0 Å². The Morgan fingerprint density at radius 3 is 3.00 bits per heavy atom. The zero-order valence-corrected chi connectivity index (χ0v) is 11.3. The molecule has 0 saturated heterocycles. The molecule has 0 unspecified atom stereocenters. The van der Waals surface area contributed by atoms with Gasteiger partial charge in [0.25, 0.3) is 5.89 Å². The number of nitro groups is 1. The van der Waals surface area contributed by atoms with E-state index in [1.165, 1.54) is 0 Å². The standard InChI is InChI=1S/C12H8N6O5/c19-18(20)7-4-13-15-10(7)11-16-17-12(23-11)14-6-1-2-8-9(3-6)22-5-21-8/h1-4H,5H2,(H,13,15)(H,14,17). The van der Waals surface area contributed by atoms with Crippen molar-refractivity contribution in [3.63, 3.8) is 0 Å². The molecule has 3 heterocycles. The molecule has 11 nitrogen and oxygen atoms in total. The molecule has 0 saturated carbocycles. The Labute approximate surface area is 127 Å². The van der Waals surface area contributed by atoms with E-state index in [-0.39, 0.29) is 30.1 Å². The summed E-state index contributed by atoms with van der Waals surface area (Å²) in [6.07, 6.45) is 1.07. The minimum absolute atomic E-state index is 0.0428. The van der Waals surface area contributed by atoms with Crippen LogP contribution < -0.4 is 14.8 Å². The van der Waals surface area contributed by atoms with E-state index in [9.17, 15) is 10.1 Å². The molecule has 116 valence electrons. The van der Waals surface area contributed by atoms with E-state index >= 15 is 0 Å². The second kappa shape index (κ2) is 4.98. The number of rotatable bonds is 4. The molecule has 0 fully saturated rings. The maximum absolute atomic E-state index is 10.9. The van der Waals surface area contributed by atoms with Crippen LogP contribution in [0.5, 0.6) is 11.5 Å². The number of benzene rings is 1. The third kappa shape index (κ3) is 2.29. The topological polar surface area (TPSA) is 141 Å². The van der Waals surface area contributed by atoms with Crippen LogP contribution in [0.2, 0.25) is 0 Å². The van der Waals surface area contributed by atoms with Gasteiger partial charge in [-0.3, -0.25) is 15.2 Å². The summed E-state index contributed by atoms with van der Waals surface area (Å²) < 4.78 is 15.8. The first-order valence-electron chi connectivity index (χ1n) is 6.39. The molecule has 0 radical (unpaired) electrons. The van der Waals surface area contributed by atoms with Gasteiger partial charge in [-0.15, -0.1) is 5.10 Å². The van der Waals surface area contributed by atoms with Crippen molar-refractivity contribution in [1.82, 2.24) is 20.4 Å². The predicted molar refractivity (Wildman–Crippen MR) is 74.4 cm³/mol. The van der Waals surface area contributed by atoms with Crippen LogP contribution in [0.15, 0.2) is 28.8 Å². The molecular weight excluding hydrogens is 308 g/mol. The van der Waals surface area contributed by atoms with Gasteiger partial charge in [-0.2, -0.15) is 5.10 Å². The maximum Gasteiger partial charge on any atom is 0.320 e. The zero-order chi connectivity index (χ0) is 15.8. The van der Waals surface area contributed by atoms with Gasteiger partial charge in [0.15, 0.2) is 11.5 Å². The van der Waals surface area contributed by atoms with E-state index in [1.807, 2.05) is 0 Å². The second-order valence-corrected chi connectivity index (χ2v) is 4.49. The van der Waals surface area contributed by atoms with Crippen molar-refractivity contribution in [2.45, 2.75) is 0 Å². The van der Waals surface area contributed by atoms with Crippen molar-refractivity contribution in [1.29, 1.82) is 0 Å². The molecule has 0 amide bonds. The highest BCUT2D eigenvalue weighted by Gasteiger charge is 2.23. The summed E-state index contributed by atoms with van der Waals surface area (Å²) in [5.74, 6) is 1.20. The van der Waals surface area contributed by atoms with Crippen LogP contribution in [0.1, 0.15) is 0 Å². The Kier molecular flexibility index (Phi) is 2.83. The summed E-state index contributed by atoms with van der Waals surface area (Å²) in [4.78, 5) is 10.3. The lowest BCUT2D eigenvalue weighted by molar-refractivity contribution is -0.384. The largest absolute Gasteiger partial charge is 0.454 e. The fourth-order valence-corrected chi connectivity index (χ4v) is 2.05. The van der Waals surface area contributed by atoms with Crippen molar-refractivity contribution in [3.8, 4) is 23.1 Å². The Bertz CT molecular complexity index is 888. The summed E-state index contributed by atoms with van der Waals surface area (Å²) in [5, 5.41) is 27.4. The molecule has 3 aromatic rings. The lowest BCUT2D eigenvalue weighted by Gasteiger charge is -2.02. The highest BCUT2D eigenvalue weighted by Crippen LogP contribution is 2.35. The Morgan fingerprint density at radius 2 is 2.13 bits per heavy atom. The SMILES string of the molecule is O=[N+]([O-])c1cn[nH]c1-c1nnc(Nc2ccc3c(c2)OCO3)o1. The van der Waals surface area contributed by atoms with Gasteiger partial charge in [0.2, 0.25) is 12.5 Å². The number of nitrogens with zero attached hydrogens (tertiary/aromatic N) is 4. The lowest BCUT2D eigenvalue weighted by Crippen LogP contribution is -1.93. The quantitative estimate of drug-likeness (QED) is 0.544. The van der Waals surface area contributed by atoms with E-state index in [0.29, 0.717) is 17.2 Å². The van der Waals surface area contributed by atoms with Crippen molar-refractivity contribution in [3.05, 3.63) is 34.5 Å². The number of aromatic amines is 1. The summed E-state index contributed by atoms with van der Waals surface area (Å²) in [6, 6.07) is 5.27. The van der Waals surface area contributed by atoms with Gasteiger partial charge in [0.05, 0.1) is 4.92 Å². The predicted octanol–water partition coefficient (Wildman–Crippen LogP) is 1.84. The van der Waals surface area contributed by atoms with E-state index in [4.69, 9.17) is 13.9 Å². The van der Waals surface area contributed by atoms with Crippen LogP contribution in [0.3, 0.4) is 0 Å². The number of hydrogen-bond acceptors (Lipinski definition) is 9. The van der Waals surface area contributed by atoms with Crippen LogP contribution >= 0.6 is 0 Å². The van der Waals surface area contributed by atoms with Gasteiger partial charge in [0, 0.05) is 11.8 Å². The van der Waals surface area contributed by atoms with Crippen molar-refractivity contribution in [2.75, 3.05) is 12.1 Å². The van der Waals surface area contributed by atoms with Crippen molar-refractivity contribution >= 4 is 17.4 Å². The molecule has 11 heteroatoms. The van der Waals surface area contributed by atoms with Crippen LogP contribution in [-0.4, -0.2) is 32.1 Å². The minimum Gasteiger partial charge on any atom is -0.454 e. The van der Waals surface area contributed by atoms with Gasteiger partial charge in [0.1, 0.15) is 6.20 Å². The third-order valence-corrected chi connectivity index (χ3v) is 3.08. The molecule has 4 rings (SSSR count). The summed E-state index contributed by atoms with van der Waals surface area (Å²) in [6.45, 7) is 0.174. The Morgan fingerprint density at radius 1 is 1.26 bits per heavy atom. The van der Waals surface area contributed by atoms with Crippen LogP contribution in [0, 0.1) is 10.1 Å². The average molecular weight is 316 g/mol. The molecular formula is C12H8N6O5. The number of fused-ring (bicyclic) bond motifs is 1. The second-order valence-electron chi connectivity index (χ2n) is 4.49. The summed E-state index contributed by atoms with van der Waals surface area (Å²) >= 11 is 0. The molecule has 1 aliphatic heterocycles. The normalized spacial score (nSPS) is 12.3. The van der Waals surface area contributed by atoms with Crippen LogP contribution in [0.25, 0.3) is 11.6 Å². The third-order valence-electron chi connectivity index (χ3n) is 3.08. The molecule has 23 heavy (non-hydrogen) atoms. The zero-order valence-electron chi connectivity index (χ0n) is 11.3. The average Bonchev–Trinajstić information content (AvgIpc) is 3.26. The molecule has 2 aromatic heterocycles. The number of anilines is 2. The van der Waals surface area contributed by atoms with Crippen molar-refractivity contribution < 1.29 is 18.8 Å². The van der Waals surface area contributed by atoms with E-state index in [0.717, 1.165) is 6.20 Å². The van der Waals surface area contributed by atoms with Gasteiger partial charge in [-0.05, 0) is 12.1 Å². The van der Waals surface area contributed by atoms with Gasteiger partial charge < -0.3 is 19.2 Å². The lowest BCUT2D eigenvalue weighted by atomic mass is 10.3. The highest BCUT2D eigenvalue weighted by atomic mass is 16.7. The first-order valence-corrected chi connectivity index (χ1v) is 6.39. The van der Waals surface area contributed by atoms with E-state index in [2.05, 4.69) is 25.7 Å². The Hall–Kier alpha value is -3.63. The fourth-order valence-electron chi connectivity index (χ4n) is 2.05. The summed E-state index contributed by atoms with van der Waals surface area (Å²) in [5.41, 5.74) is 0.438. The van der Waals surface area contributed by atoms with Crippen LogP contribution in [-0.2, 0) is 0 Å². The van der Waals surface area contributed by atoms with E-state index < -0.39 is 4.92 Å². The number of ether oxygens (including phenoxy) is 2. The summed E-state index contributed by atoms with van der Waals surface area (Å²) in [7, 11) is 0.